The average molecular weight is 409 g/mol. The van der Waals surface area contributed by atoms with E-state index in [0.717, 1.165) is 11.1 Å². The maximum atomic E-state index is 14.2. The Morgan fingerprint density at radius 2 is 2.07 bits per heavy atom. The van der Waals surface area contributed by atoms with Crippen LogP contribution in [0.4, 0.5) is 10.1 Å². The molecule has 0 spiro atoms. The van der Waals surface area contributed by atoms with Crippen molar-refractivity contribution in [3.05, 3.63) is 60.5 Å². The van der Waals surface area contributed by atoms with Gasteiger partial charge >= 0.3 is 0 Å². The van der Waals surface area contributed by atoms with Crippen LogP contribution in [0, 0.1) is 0 Å². The molecule has 5 rings (SSSR count). The van der Waals surface area contributed by atoms with Gasteiger partial charge < -0.3 is 19.2 Å². The minimum atomic E-state index is -1.05. The van der Waals surface area contributed by atoms with Crippen LogP contribution in [0.3, 0.4) is 0 Å². The molecule has 0 unspecified atom stereocenters. The Bertz CT molecular complexity index is 1040. The lowest BCUT2D eigenvalue weighted by Gasteiger charge is -2.23. The van der Waals surface area contributed by atoms with Crippen LogP contribution in [0.25, 0.3) is 11.5 Å². The summed E-state index contributed by atoms with van der Waals surface area (Å²) < 4.78 is 30.4. The lowest BCUT2D eigenvalue weighted by molar-refractivity contribution is -0.120. The fourth-order valence-electron chi connectivity index (χ4n) is 3.92. The van der Waals surface area contributed by atoms with E-state index in [1.165, 1.54) is 6.26 Å². The highest BCUT2D eigenvalue weighted by Gasteiger charge is 2.37. The van der Waals surface area contributed by atoms with Crippen LogP contribution < -0.4 is 14.8 Å². The first kappa shape index (κ1) is 18.6. The van der Waals surface area contributed by atoms with Gasteiger partial charge in [0.15, 0.2) is 11.5 Å². The molecule has 1 amide bonds. The Balaban J connectivity index is 1.29. The number of nitrogens with one attached hydrogen (secondary N) is 1. The molecule has 7 nitrogen and oxygen atoms in total. The van der Waals surface area contributed by atoms with Crippen molar-refractivity contribution in [3.63, 3.8) is 0 Å². The predicted octanol–water partition coefficient (Wildman–Crippen LogP) is 3.62. The van der Waals surface area contributed by atoms with Gasteiger partial charge in [0.2, 0.25) is 18.6 Å². The standard InChI is InChI=1S/C22H20FN3O4/c23-16-10-18(26(12-16)11-15-2-1-3-19-20(15)30-13-29-19)21(27)25-17-6-4-14(5-7-17)22-24-8-9-28-22/h1-9,16,18H,10-13H2,(H,25,27)/t16-,18+/m0/s1. The van der Waals surface area contributed by atoms with Crippen LogP contribution in [0.5, 0.6) is 11.5 Å². The molecule has 0 bridgehead atoms. The summed E-state index contributed by atoms with van der Waals surface area (Å²) in [7, 11) is 0. The van der Waals surface area contributed by atoms with Crippen molar-refractivity contribution in [2.45, 2.75) is 25.2 Å². The van der Waals surface area contributed by atoms with Crippen LogP contribution in [0.15, 0.2) is 59.3 Å². The molecule has 2 aliphatic heterocycles. The zero-order chi connectivity index (χ0) is 20.5. The predicted molar refractivity (Wildman–Crippen MR) is 107 cm³/mol. The molecule has 1 aromatic heterocycles. The fourth-order valence-corrected chi connectivity index (χ4v) is 3.92. The maximum absolute atomic E-state index is 14.2. The molecule has 1 fully saturated rings. The van der Waals surface area contributed by atoms with Crippen LogP contribution in [-0.4, -0.2) is 41.3 Å². The number of fused-ring (bicyclic) bond motifs is 1. The number of amides is 1. The number of rotatable bonds is 5. The van der Waals surface area contributed by atoms with Gasteiger partial charge in [-0.3, -0.25) is 9.69 Å². The molecule has 0 saturated carbocycles. The highest BCUT2D eigenvalue weighted by atomic mass is 19.1. The number of carbonyl (C=O) groups excluding carboxylic acids is 1. The maximum Gasteiger partial charge on any atom is 0.241 e. The molecule has 0 radical (unpaired) electrons. The van der Waals surface area contributed by atoms with Crippen molar-refractivity contribution < 1.29 is 23.1 Å². The van der Waals surface area contributed by atoms with Gasteiger partial charge in [-0.1, -0.05) is 12.1 Å². The lowest BCUT2D eigenvalue weighted by Crippen LogP contribution is -2.39. The van der Waals surface area contributed by atoms with Crippen molar-refractivity contribution >= 4 is 11.6 Å². The molecule has 2 aliphatic rings. The number of hydrogen-bond donors (Lipinski definition) is 1. The smallest absolute Gasteiger partial charge is 0.241 e. The quantitative estimate of drug-likeness (QED) is 0.694. The Morgan fingerprint density at radius 3 is 2.87 bits per heavy atom. The summed E-state index contributed by atoms with van der Waals surface area (Å²) in [5.74, 6) is 1.62. The third kappa shape index (κ3) is 3.61. The highest BCUT2D eigenvalue weighted by molar-refractivity contribution is 5.95. The molecule has 2 atom stereocenters. The molecule has 1 N–H and O–H groups in total. The van der Waals surface area contributed by atoms with Crippen molar-refractivity contribution in [2.24, 2.45) is 0 Å². The van der Waals surface area contributed by atoms with Crippen LogP contribution in [-0.2, 0) is 11.3 Å². The summed E-state index contributed by atoms with van der Waals surface area (Å²) in [4.78, 5) is 18.8. The van der Waals surface area contributed by atoms with Gasteiger partial charge in [-0.25, -0.2) is 9.37 Å². The number of ether oxygens (including phenoxy) is 2. The van der Waals surface area contributed by atoms with E-state index in [9.17, 15) is 9.18 Å². The first-order valence-corrected chi connectivity index (χ1v) is 9.74. The zero-order valence-corrected chi connectivity index (χ0v) is 16.1. The Morgan fingerprint density at radius 1 is 1.20 bits per heavy atom. The van der Waals surface area contributed by atoms with Crippen molar-refractivity contribution in [3.8, 4) is 23.0 Å². The van der Waals surface area contributed by atoms with Gasteiger partial charge in [-0.2, -0.15) is 0 Å². The van der Waals surface area contributed by atoms with E-state index < -0.39 is 12.2 Å². The SMILES string of the molecule is O=C(Nc1ccc(-c2ncco2)cc1)[C@H]1C[C@H](F)CN1Cc1cccc2c1OCO2. The summed E-state index contributed by atoms with van der Waals surface area (Å²) in [6, 6.07) is 12.2. The van der Waals surface area contributed by atoms with Crippen LogP contribution in [0.1, 0.15) is 12.0 Å². The van der Waals surface area contributed by atoms with Crippen molar-refractivity contribution in [1.29, 1.82) is 0 Å². The molecule has 0 aliphatic carbocycles. The third-order valence-electron chi connectivity index (χ3n) is 5.34. The fraction of sp³-hybridized carbons (Fsp3) is 0.273. The van der Waals surface area contributed by atoms with Gasteiger partial charge in [0.1, 0.15) is 12.4 Å². The second-order valence-electron chi connectivity index (χ2n) is 7.33. The number of likely N-dealkylation sites (tertiary alicyclic amines) is 1. The minimum Gasteiger partial charge on any atom is -0.454 e. The number of nitrogens with zero attached hydrogens (tertiary/aromatic N) is 2. The van der Waals surface area contributed by atoms with E-state index in [1.807, 2.05) is 35.2 Å². The van der Waals surface area contributed by atoms with E-state index in [2.05, 4.69) is 10.3 Å². The van der Waals surface area contributed by atoms with Gasteiger partial charge in [-0.15, -0.1) is 0 Å². The topological polar surface area (TPSA) is 76.8 Å². The third-order valence-corrected chi connectivity index (χ3v) is 5.34. The number of anilines is 1. The monoisotopic (exact) mass is 409 g/mol. The Hall–Kier alpha value is -3.39. The molecule has 8 heteroatoms. The molecular formula is C22H20FN3O4. The number of halogens is 1. The first-order chi connectivity index (χ1) is 14.7. The second kappa shape index (κ2) is 7.79. The summed E-state index contributed by atoms with van der Waals surface area (Å²) in [5.41, 5.74) is 2.33. The second-order valence-corrected chi connectivity index (χ2v) is 7.33. The number of para-hydroxylation sites is 1. The zero-order valence-electron chi connectivity index (χ0n) is 16.1. The van der Waals surface area contributed by atoms with E-state index in [-0.39, 0.29) is 25.7 Å². The normalized spacial score (nSPS) is 20.4. The molecule has 1 saturated heterocycles. The van der Waals surface area contributed by atoms with Gasteiger partial charge in [-0.05, 0) is 30.3 Å². The number of alkyl halides is 1. The number of aromatic nitrogens is 1. The molecular weight excluding hydrogens is 389 g/mol. The minimum absolute atomic E-state index is 0.159. The number of hydrogen-bond acceptors (Lipinski definition) is 6. The molecule has 2 aromatic carbocycles. The van der Waals surface area contributed by atoms with Crippen LogP contribution in [0.2, 0.25) is 0 Å². The van der Waals surface area contributed by atoms with Gasteiger partial charge in [0.25, 0.3) is 0 Å². The molecule has 154 valence electrons. The van der Waals surface area contributed by atoms with Gasteiger partial charge in [0.05, 0.1) is 12.2 Å². The molecule has 3 aromatic rings. The summed E-state index contributed by atoms with van der Waals surface area (Å²) in [5, 5.41) is 2.89. The van der Waals surface area contributed by atoms with Crippen molar-refractivity contribution in [2.75, 3.05) is 18.7 Å². The summed E-state index contributed by atoms with van der Waals surface area (Å²) >= 11 is 0. The van der Waals surface area contributed by atoms with Gasteiger partial charge in [0, 0.05) is 36.3 Å². The van der Waals surface area contributed by atoms with Crippen molar-refractivity contribution in [1.82, 2.24) is 9.88 Å². The average Bonchev–Trinajstić information content (AvgIpc) is 3.50. The Kier molecular flexibility index (Phi) is 4.84. The van der Waals surface area contributed by atoms with E-state index in [0.29, 0.717) is 29.6 Å². The Labute approximate surface area is 172 Å². The summed E-state index contributed by atoms with van der Waals surface area (Å²) in [6.45, 7) is 0.783. The lowest BCUT2D eigenvalue weighted by atomic mass is 10.1. The summed E-state index contributed by atoms with van der Waals surface area (Å²) in [6.07, 6.45) is 2.19. The van der Waals surface area contributed by atoms with E-state index in [4.69, 9.17) is 13.9 Å². The number of carbonyl (C=O) groups is 1. The highest BCUT2D eigenvalue weighted by Crippen LogP contribution is 2.37. The molecule has 30 heavy (non-hydrogen) atoms. The largest absolute Gasteiger partial charge is 0.454 e. The molecule has 3 heterocycles. The first-order valence-electron chi connectivity index (χ1n) is 9.74. The van der Waals surface area contributed by atoms with E-state index in [1.54, 1.807) is 18.3 Å². The van der Waals surface area contributed by atoms with E-state index >= 15 is 0 Å². The number of benzene rings is 2. The number of oxazole rings is 1. The van der Waals surface area contributed by atoms with Crippen LogP contribution >= 0.6 is 0 Å².